The Balaban J connectivity index is 1.54. The predicted octanol–water partition coefficient (Wildman–Crippen LogP) is 3.20. The standard InChI is InChI=1S/C17H18ClFN4O/c1-22-5-4-17(8-22)9-23(10-17)16-15(7-20-11-21-16)24-14-3-2-12(19)6-13(14)18/h2-3,6-7,11H,4-5,8-10H2,1H3. The van der Waals surface area contributed by atoms with Crippen molar-refractivity contribution in [1.82, 2.24) is 14.9 Å². The summed E-state index contributed by atoms with van der Waals surface area (Å²) in [6.07, 6.45) is 4.35. The van der Waals surface area contributed by atoms with E-state index in [0.29, 0.717) is 16.9 Å². The molecule has 126 valence electrons. The maximum Gasteiger partial charge on any atom is 0.188 e. The van der Waals surface area contributed by atoms with Crippen LogP contribution in [0, 0.1) is 11.2 Å². The molecule has 7 heteroatoms. The SMILES string of the molecule is CN1CCC2(C1)CN(c1ncncc1Oc1ccc(F)cc1Cl)C2. The number of aromatic nitrogens is 2. The van der Waals surface area contributed by atoms with Gasteiger partial charge in [-0.1, -0.05) is 11.6 Å². The fourth-order valence-corrected chi connectivity index (χ4v) is 3.83. The van der Waals surface area contributed by atoms with Crippen LogP contribution in [-0.4, -0.2) is 48.1 Å². The molecule has 4 rings (SSSR count). The highest BCUT2D eigenvalue weighted by atomic mass is 35.5. The zero-order valence-corrected chi connectivity index (χ0v) is 14.1. The third kappa shape index (κ3) is 2.80. The van der Waals surface area contributed by atoms with Gasteiger partial charge in [-0.15, -0.1) is 0 Å². The van der Waals surface area contributed by atoms with E-state index in [9.17, 15) is 4.39 Å². The van der Waals surface area contributed by atoms with Crippen molar-refractivity contribution in [2.24, 2.45) is 5.41 Å². The molecule has 0 N–H and O–H groups in total. The molecule has 2 saturated heterocycles. The highest BCUT2D eigenvalue weighted by Crippen LogP contribution is 2.44. The molecule has 0 bridgehead atoms. The van der Waals surface area contributed by atoms with E-state index in [1.165, 1.54) is 30.9 Å². The Hall–Kier alpha value is -1.92. The number of nitrogens with zero attached hydrogens (tertiary/aromatic N) is 4. The maximum atomic E-state index is 13.2. The van der Waals surface area contributed by atoms with Gasteiger partial charge in [-0.2, -0.15) is 0 Å². The van der Waals surface area contributed by atoms with E-state index >= 15 is 0 Å². The maximum absolute atomic E-state index is 13.2. The van der Waals surface area contributed by atoms with Crippen molar-refractivity contribution in [2.45, 2.75) is 6.42 Å². The second-order valence-electron chi connectivity index (χ2n) is 6.73. The molecule has 1 aromatic carbocycles. The fraction of sp³-hybridized carbons (Fsp3) is 0.412. The molecule has 24 heavy (non-hydrogen) atoms. The summed E-state index contributed by atoms with van der Waals surface area (Å²) >= 11 is 6.05. The smallest absolute Gasteiger partial charge is 0.188 e. The van der Waals surface area contributed by atoms with Crippen LogP contribution in [0.15, 0.2) is 30.7 Å². The Morgan fingerprint density at radius 2 is 2.08 bits per heavy atom. The molecule has 0 atom stereocenters. The Bertz CT molecular complexity index is 766. The third-order valence-corrected chi connectivity index (χ3v) is 5.05. The molecule has 1 spiro atoms. The lowest BCUT2D eigenvalue weighted by atomic mass is 9.79. The average molecular weight is 349 g/mol. The molecule has 0 aliphatic carbocycles. The lowest BCUT2D eigenvalue weighted by molar-refractivity contribution is 0.215. The quantitative estimate of drug-likeness (QED) is 0.852. The second kappa shape index (κ2) is 5.86. The van der Waals surface area contributed by atoms with Gasteiger partial charge in [0.25, 0.3) is 0 Å². The fourth-order valence-electron chi connectivity index (χ4n) is 3.63. The van der Waals surface area contributed by atoms with Gasteiger partial charge in [0.05, 0.1) is 11.2 Å². The summed E-state index contributed by atoms with van der Waals surface area (Å²) in [4.78, 5) is 13.0. The van der Waals surface area contributed by atoms with Gasteiger partial charge >= 0.3 is 0 Å². The number of rotatable bonds is 3. The second-order valence-corrected chi connectivity index (χ2v) is 7.14. The van der Waals surface area contributed by atoms with E-state index in [0.717, 1.165) is 32.0 Å². The first-order chi connectivity index (χ1) is 11.5. The van der Waals surface area contributed by atoms with Gasteiger partial charge in [0, 0.05) is 25.0 Å². The van der Waals surface area contributed by atoms with Gasteiger partial charge in [0.15, 0.2) is 11.6 Å². The number of halogens is 2. The molecular weight excluding hydrogens is 331 g/mol. The van der Waals surface area contributed by atoms with E-state index in [-0.39, 0.29) is 5.02 Å². The van der Waals surface area contributed by atoms with Crippen LogP contribution in [0.3, 0.4) is 0 Å². The largest absolute Gasteiger partial charge is 0.450 e. The van der Waals surface area contributed by atoms with E-state index in [2.05, 4.69) is 26.8 Å². The summed E-state index contributed by atoms with van der Waals surface area (Å²) in [5, 5.41) is 0.224. The van der Waals surface area contributed by atoms with Crippen molar-refractivity contribution in [1.29, 1.82) is 0 Å². The number of hydrogen-bond donors (Lipinski definition) is 0. The van der Waals surface area contributed by atoms with Crippen molar-refractivity contribution in [3.05, 3.63) is 41.6 Å². The molecule has 2 aliphatic rings. The molecule has 0 saturated carbocycles. The number of anilines is 1. The highest BCUT2D eigenvalue weighted by Gasteiger charge is 2.47. The Morgan fingerprint density at radius 1 is 1.25 bits per heavy atom. The minimum Gasteiger partial charge on any atom is -0.450 e. The zero-order valence-electron chi connectivity index (χ0n) is 13.4. The molecular formula is C17H18ClFN4O. The van der Waals surface area contributed by atoms with E-state index in [4.69, 9.17) is 16.3 Å². The number of ether oxygens (including phenoxy) is 1. The minimum atomic E-state index is -0.396. The van der Waals surface area contributed by atoms with Crippen molar-refractivity contribution >= 4 is 17.4 Å². The lowest BCUT2D eigenvalue weighted by Crippen LogP contribution is -2.58. The Labute approximate surface area is 145 Å². The van der Waals surface area contributed by atoms with E-state index in [1.807, 2.05) is 0 Å². The van der Waals surface area contributed by atoms with Crippen molar-refractivity contribution < 1.29 is 9.13 Å². The molecule has 5 nitrogen and oxygen atoms in total. The monoisotopic (exact) mass is 348 g/mol. The first kappa shape index (κ1) is 15.6. The lowest BCUT2D eigenvalue weighted by Gasteiger charge is -2.48. The van der Waals surface area contributed by atoms with Gasteiger partial charge < -0.3 is 14.5 Å². The van der Waals surface area contributed by atoms with Crippen LogP contribution < -0.4 is 9.64 Å². The molecule has 2 fully saturated rings. The average Bonchev–Trinajstić information content (AvgIpc) is 2.92. The van der Waals surface area contributed by atoms with Crippen molar-refractivity contribution in [2.75, 3.05) is 38.1 Å². The molecule has 3 heterocycles. The molecule has 0 amide bonds. The van der Waals surface area contributed by atoms with Crippen LogP contribution >= 0.6 is 11.6 Å². The van der Waals surface area contributed by atoms with E-state index < -0.39 is 5.82 Å². The summed E-state index contributed by atoms with van der Waals surface area (Å²) in [5.74, 6) is 1.29. The first-order valence-corrected chi connectivity index (χ1v) is 8.29. The minimum absolute atomic E-state index is 0.224. The Morgan fingerprint density at radius 3 is 2.79 bits per heavy atom. The van der Waals surface area contributed by atoms with Crippen LogP contribution in [-0.2, 0) is 0 Å². The summed E-state index contributed by atoms with van der Waals surface area (Å²) < 4.78 is 19.0. The van der Waals surface area contributed by atoms with Crippen LogP contribution in [0.2, 0.25) is 5.02 Å². The normalized spacial score (nSPS) is 19.5. The number of benzene rings is 1. The van der Waals surface area contributed by atoms with Crippen LogP contribution in [0.25, 0.3) is 0 Å². The van der Waals surface area contributed by atoms with Gasteiger partial charge in [-0.05, 0) is 38.2 Å². The summed E-state index contributed by atoms with van der Waals surface area (Å²) in [7, 11) is 2.16. The predicted molar refractivity (Wildman–Crippen MR) is 90.3 cm³/mol. The molecule has 0 unspecified atom stereocenters. The van der Waals surface area contributed by atoms with E-state index in [1.54, 1.807) is 6.20 Å². The number of hydrogen-bond acceptors (Lipinski definition) is 5. The Kier molecular flexibility index (Phi) is 3.81. The topological polar surface area (TPSA) is 41.5 Å². The van der Waals surface area contributed by atoms with Crippen LogP contribution in [0.5, 0.6) is 11.5 Å². The zero-order chi connectivity index (χ0) is 16.7. The van der Waals surface area contributed by atoms with Gasteiger partial charge in [0.1, 0.15) is 17.9 Å². The van der Waals surface area contributed by atoms with Gasteiger partial charge in [0.2, 0.25) is 0 Å². The highest BCUT2D eigenvalue weighted by molar-refractivity contribution is 6.32. The van der Waals surface area contributed by atoms with Crippen LogP contribution in [0.1, 0.15) is 6.42 Å². The number of likely N-dealkylation sites (tertiary alicyclic amines) is 1. The molecule has 1 aromatic heterocycles. The van der Waals surface area contributed by atoms with Crippen molar-refractivity contribution in [3.8, 4) is 11.5 Å². The molecule has 0 radical (unpaired) electrons. The molecule has 2 aliphatic heterocycles. The van der Waals surface area contributed by atoms with Gasteiger partial charge in [-0.25, -0.2) is 14.4 Å². The summed E-state index contributed by atoms with van der Waals surface area (Å²) in [6.45, 7) is 4.18. The van der Waals surface area contributed by atoms with Crippen LogP contribution in [0.4, 0.5) is 10.2 Å². The van der Waals surface area contributed by atoms with Crippen molar-refractivity contribution in [3.63, 3.8) is 0 Å². The molecule has 2 aromatic rings. The summed E-state index contributed by atoms with van der Waals surface area (Å²) in [6, 6.07) is 4.06. The first-order valence-electron chi connectivity index (χ1n) is 7.91. The van der Waals surface area contributed by atoms with Gasteiger partial charge in [-0.3, -0.25) is 0 Å². The third-order valence-electron chi connectivity index (χ3n) is 4.75. The summed E-state index contributed by atoms with van der Waals surface area (Å²) in [5.41, 5.74) is 0.366.